The van der Waals surface area contributed by atoms with Gasteiger partial charge in [-0.2, -0.15) is 0 Å². The van der Waals surface area contributed by atoms with Gasteiger partial charge in [0.05, 0.1) is 11.0 Å². The van der Waals surface area contributed by atoms with Crippen molar-refractivity contribution in [3.8, 4) is 50.5 Å². The Morgan fingerprint density at radius 2 is 0.864 bits per heavy atom. The highest BCUT2D eigenvalue weighted by Gasteiger charge is 2.19. The van der Waals surface area contributed by atoms with Crippen molar-refractivity contribution in [2.75, 3.05) is 0 Å². The van der Waals surface area contributed by atoms with Crippen LogP contribution in [0.1, 0.15) is 0 Å². The number of aromatic nitrogens is 2. The first-order chi connectivity index (χ1) is 29.3. The van der Waals surface area contributed by atoms with Gasteiger partial charge in [0.15, 0.2) is 0 Å². The molecule has 12 rings (SSSR count). The monoisotopic (exact) mass is 748 g/mol. The molecule has 0 atom stereocenters. The molecule has 0 bridgehead atoms. The van der Waals surface area contributed by atoms with Crippen molar-refractivity contribution in [2.45, 2.75) is 0 Å². The molecule has 0 aliphatic carbocycles. The summed E-state index contributed by atoms with van der Waals surface area (Å²) < 4.78 is 2.28. The minimum Gasteiger partial charge on any atom is -0.292 e. The predicted molar refractivity (Wildman–Crippen MR) is 250 cm³/mol. The molecule has 0 unspecified atom stereocenters. The van der Waals surface area contributed by atoms with E-state index in [1.54, 1.807) is 0 Å². The Labute approximate surface area is 341 Å². The molecule has 0 radical (unpaired) electrons. The fourth-order valence-corrected chi connectivity index (χ4v) is 9.54. The van der Waals surface area contributed by atoms with E-state index in [9.17, 15) is 0 Å². The quantitative estimate of drug-likeness (QED) is 0.127. The Morgan fingerprint density at radius 1 is 0.305 bits per heavy atom. The first-order valence-electron chi connectivity index (χ1n) is 20.3. The second kappa shape index (κ2) is 13.4. The Hall–Kier alpha value is -7.81. The highest BCUT2D eigenvalue weighted by atomic mass is 15.1. The summed E-state index contributed by atoms with van der Waals surface area (Å²) in [6, 6.07) is 79.5. The molecule has 2 nitrogen and oxygen atoms in total. The van der Waals surface area contributed by atoms with E-state index in [4.69, 9.17) is 4.98 Å². The summed E-state index contributed by atoms with van der Waals surface area (Å²) in [5, 5.41) is 12.5. The van der Waals surface area contributed by atoms with E-state index in [0.29, 0.717) is 0 Å². The second-order valence-corrected chi connectivity index (χ2v) is 15.4. The number of nitrogens with zero attached hydrogens (tertiary/aromatic N) is 2. The van der Waals surface area contributed by atoms with Crippen LogP contribution >= 0.6 is 0 Å². The van der Waals surface area contributed by atoms with E-state index in [-0.39, 0.29) is 0 Å². The van der Waals surface area contributed by atoms with E-state index in [1.165, 1.54) is 87.2 Å². The largest absolute Gasteiger partial charge is 0.292 e. The summed E-state index contributed by atoms with van der Waals surface area (Å²) >= 11 is 0. The maximum Gasteiger partial charge on any atom is 0.145 e. The van der Waals surface area contributed by atoms with Gasteiger partial charge in [-0.25, -0.2) is 4.98 Å². The molecule has 59 heavy (non-hydrogen) atoms. The number of hydrogen-bond acceptors (Lipinski definition) is 1. The first-order valence-corrected chi connectivity index (χ1v) is 20.3. The zero-order valence-corrected chi connectivity index (χ0v) is 32.2. The third-order valence-electron chi connectivity index (χ3n) is 12.2. The average Bonchev–Trinajstić information content (AvgIpc) is 3.70. The van der Waals surface area contributed by atoms with Gasteiger partial charge >= 0.3 is 0 Å². The molecule has 2 heteroatoms. The van der Waals surface area contributed by atoms with Crippen LogP contribution in [0.15, 0.2) is 218 Å². The van der Waals surface area contributed by atoms with Crippen molar-refractivity contribution in [3.05, 3.63) is 218 Å². The predicted octanol–water partition coefficient (Wildman–Crippen LogP) is 15.5. The van der Waals surface area contributed by atoms with Crippen molar-refractivity contribution < 1.29 is 0 Å². The molecule has 0 N–H and O–H groups in total. The lowest BCUT2D eigenvalue weighted by atomic mass is 9.85. The number of para-hydroxylation sites is 2. The fraction of sp³-hybridized carbons (Fsp3) is 0. The Kier molecular flexibility index (Phi) is 7.57. The van der Waals surface area contributed by atoms with Gasteiger partial charge in [0.2, 0.25) is 0 Å². The van der Waals surface area contributed by atoms with Crippen LogP contribution in [-0.4, -0.2) is 9.55 Å². The maximum absolute atomic E-state index is 5.09. The molecular weight excluding hydrogens is 713 g/mol. The lowest BCUT2D eigenvalue weighted by Crippen LogP contribution is -1.98. The van der Waals surface area contributed by atoms with Gasteiger partial charge < -0.3 is 0 Å². The van der Waals surface area contributed by atoms with Crippen LogP contribution in [0.2, 0.25) is 0 Å². The van der Waals surface area contributed by atoms with E-state index >= 15 is 0 Å². The van der Waals surface area contributed by atoms with E-state index < -0.39 is 0 Å². The van der Waals surface area contributed by atoms with Gasteiger partial charge in [-0.3, -0.25) is 4.57 Å². The van der Waals surface area contributed by atoms with Gasteiger partial charge in [0.25, 0.3) is 0 Å². The minimum absolute atomic E-state index is 0.938. The summed E-state index contributed by atoms with van der Waals surface area (Å²) in [6.07, 6.45) is 0. The van der Waals surface area contributed by atoms with Gasteiger partial charge in [0.1, 0.15) is 5.82 Å². The average molecular weight is 749 g/mol. The highest BCUT2D eigenvalue weighted by Crippen LogP contribution is 2.46. The van der Waals surface area contributed by atoms with E-state index in [1.807, 2.05) is 0 Å². The van der Waals surface area contributed by atoms with Crippen LogP contribution in [0.25, 0.3) is 115 Å². The molecule has 0 aliphatic heterocycles. The van der Waals surface area contributed by atoms with Crippen LogP contribution in [0.3, 0.4) is 0 Å². The summed E-state index contributed by atoms with van der Waals surface area (Å²) in [4.78, 5) is 5.09. The zero-order valence-electron chi connectivity index (χ0n) is 32.2. The topological polar surface area (TPSA) is 17.8 Å². The fourth-order valence-electron chi connectivity index (χ4n) is 9.54. The number of benzene rings is 11. The number of rotatable bonds is 5. The minimum atomic E-state index is 0.938. The molecule has 12 aromatic rings. The van der Waals surface area contributed by atoms with Crippen LogP contribution in [0, 0.1) is 0 Å². The van der Waals surface area contributed by atoms with Gasteiger partial charge in [0, 0.05) is 11.3 Å². The summed E-state index contributed by atoms with van der Waals surface area (Å²) in [6.45, 7) is 0. The van der Waals surface area contributed by atoms with Gasteiger partial charge in [-0.05, 0) is 124 Å². The lowest BCUT2D eigenvalue weighted by molar-refractivity contribution is 1.10. The molecule has 0 fully saturated rings. The van der Waals surface area contributed by atoms with Gasteiger partial charge in [-0.15, -0.1) is 0 Å². The summed E-state index contributed by atoms with van der Waals surface area (Å²) in [7, 11) is 0. The van der Waals surface area contributed by atoms with Crippen LogP contribution in [-0.2, 0) is 0 Å². The summed E-state index contributed by atoms with van der Waals surface area (Å²) in [5.74, 6) is 0.938. The van der Waals surface area contributed by atoms with Gasteiger partial charge in [-0.1, -0.05) is 182 Å². The molecule has 1 aromatic heterocycles. The van der Waals surface area contributed by atoms with Crippen molar-refractivity contribution >= 4 is 64.9 Å². The number of fused-ring (bicyclic) bond motifs is 7. The Bertz CT molecular complexity index is 3530. The van der Waals surface area contributed by atoms with Crippen molar-refractivity contribution in [2.24, 2.45) is 0 Å². The molecular formula is C57H36N2. The molecule has 0 amide bonds. The van der Waals surface area contributed by atoms with E-state index in [2.05, 4.69) is 223 Å². The smallest absolute Gasteiger partial charge is 0.145 e. The summed E-state index contributed by atoms with van der Waals surface area (Å²) in [5.41, 5.74) is 11.7. The van der Waals surface area contributed by atoms with Crippen molar-refractivity contribution in [3.63, 3.8) is 0 Å². The first kappa shape index (κ1) is 33.3. The third-order valence-corrected chi connectivity index (χ3v) is 12.2. The molecule has 11 aromatic carbocycles. The normalized spacial score (nSPS) is 11.7. The van der Waals surface area contributed by atoms with Crippen LogP contribution in [0.4, 0.5) is 0 Å². The molecule has 274 valence electrons. The standard InChI is InChI=1S/C57H36N2/c1-2-16-39(17-3-1)57-58-53-27-12-13-28-54(53)59(57)42-33-31-38(32-34-42)55-47-22-8-10-24-49(47)56(50-25-11-9-23-48(50)55)41-30-29-40-35-52(46-21-7-6-20-45(46)51(40)36-41)44-26-14-18-37-15-4-5-19-43(37)44/h1-36H. The zero-order chi connectivity index (χ0) is 38.9. The van der Waals surface area contributed by atoms with Crippen LogP contribution < -0.4 is 0 Å². The maximum atomic E-state index is 5.09. The lowest BCUT2D eigenvalue weighted by Gasteiger charge is -2.19. The second-order valence-electron chi connectivity index (χ2n) is 15.4. The molecule has 0 spiro atoms. The molecule has 0 saturated carbocycles. The number of imidazole rings is 1. The molecule has 0 saturated heterocycles. The highest BCUT2D eigenvalue weighted by molar-refractivity contribution is 6.23. The van der Waals surface area contributed by atoms with Crippen LogP contribution in [0.5, 0.6) is 0 Å². The Balaban J connectivity index is 1.04. The molecule has 1 heterocycles. The molecule has 0 aliphatic rings. The van der Waals surface area contributed by atoms with E-state index in [0.717, 1.165) is 28.1 Å². The van der Waals surface area contributed by atoms with Crippen molar-refractivity contribution in [1.29, 1.82) is 0 Å². The SMILES string of the molecule is c1ccc(-c2nc3ccccc3n2-c2ccc(-c3c4ccccc4c(-c4ccc5cc(-c6cccc7ccccc67)c6ccccc6c5c4)c4ccccc34)cc2)cc1. The third kappa shape index (κ3) is 5.31. The Morgan fingerprint density at radius 3 is 1.59 bits per heavy atom. The van der Waals surface area contributed by atoms with Crippen molar-refractivity contribution in [1.82, 2.24) is 9.55 Å². The number of hydrogen-bond donors (Lipinski definition) is 0.